The van der Waals surface area contributed by atoms with Gasteiger partial charge < -0.3 is 0 Å². The van der Waals surface area contributed by atoms with E-state index in [0.29, 0.717) is 4.68 Å². The van der Waals surface area contributed by atoms with Gasteiger partial charge in [0.2, 0.25) is 5.28 Å². The van der Waals surface area contributed by atoms with Crippen LogP contribution in [0.5, 0.6) is 0 Å². The Morgan fingerprint density at radius 3 is 2.30 bits per heavy atom. The molecule has 3 nitrogen and oxygen atoms in total. The highest BCUT2D eigenvalue weighted by molar-refractivity contribution is 6.31. The van der Waals surface area contributed by atoms with Crippen molar-refractivity contribution < 1.29 is 17.6 Å². The molecule has 0 aliphatic carbocycles. The summed E-state index contributed by atoms with van der Waals surface area (Å²) in [5.41, 5.74) is -3.63. The van der Waals surface area contributed by atoms with Crippen LogP contribution in [0, 0.1) is 5.82 Å². The molecule has 1 unspecified atom stereocenters. The third-order valence-electron chi connectivity index (χ3n) is 2.93. The van der Waals surface area contributed by atoms with Crippen molar-refractivity contribution in [3.63, 3.8) is 0 Å². The van der Waals surface area contributed by atoms with E-state index >= 15 is 0 Å². The minimum Gasteiger partial charge on any atom is -0.216 e. The Kier molecular flexibility index (Phi) is 3.68. The lowest BCUT2D eigenvalue weighted by Gasteiger charge is -2.33. The molecule has 9 heteroatoms. The van der Waals surface area contributed by atoms with Crippen LogP contribution in [-0.2, 0) is 5.54 Å². The van der Waals surface area contributed by atoms with E-state index in [0.717, 1.165) is 25.4 Å². The van der Waals surface area contributed by atoms with E-state index in [-0.39, 0.29) is 5.02 Å². The van der Waals surface area contributed by atoms with Gasteiger partial charge in [0, 0.05) is 10.6 Å². The molecule has 0 radical (unpaired) electrons. The number of aromatic nitrogens is 3. The van der Waals surface area contributed by atoms with Gasteiger partial charge in [0.1, 0.15) is 12.1 Å². The Hall–Kier alpha value is -1.34. The normalized spacial score (nSPS) is 15.2. The van der Waals surface area contributed by atoms with E-state index in [1.807, 2.05) is 0 Å². The number of alkyl halides is 3. The van der Waals surface area contributed by atoms with Crippen LogP contribution >= 0.6 is 23.2 Å². The van der Waals surface area contributed by atoms with E-state index in [1.165, 1.54) is 6.07 Å². The number of rotatable bonds is 2. The lowest BCUT2D eigenvalue weighted by Crippen LogP contribution is -2.47. The number of benzene rings is 1. The number of nitrogens with zero attached hydrogens (tertiary/aromatic N) is 3. The van der Waals surface area contributed by atoms with Gasteiger partial charge in [0.25, 0.3) is 0 Å². The second kappa shape index (κ2) is 4.89. The van der Waals surface area contributed by atoms with Crippen molar-refractivity contribution in [2.75, 3.05) is 0 Å². The highest BCUT2D eigenvalue weighted by Gasteiger charge is 2.57. The molecular weight excluding hydrogens is 321 g/mol. The summed E-state index contributed by atoms with van der Waals surface area (Å²) in [5.74, 6) is -1.11. The first-order chi connectivity index (χ1) is 9.19. The molecular formula is C11H7Cl2F4N3. The molecule has 1 aromatic carbocycles. The molecule has 20 heavy (non-hydrogen) atoms. The third-order valence-corrected chi connectivity index (χ3v) is 3.50. The van der Waals surface area contributed by atoms with Crippen molar-refractivity contribution in [2.24, 2.45) is 0 Å². The van der Waals surface area contributed by atoms with Crippen molar-refractivity contribution >= 4 is 23.2 Å². The molecule has 1 atom stereocenters. The lowest BCUT2D eigenvalue weighted by molar-refractivity contribution is -0.198. The first-order valence-electron chi connectivity index (χ1n) is 5.27. The monoisotopic (exact) mass is 327 g/mol. The van der Waals surface area contributed by atoms with Crippen LogP contribution in [0.3, 0.4) is 0 Å². The van der Waals surface area contributed by atoms with Gasteiger partial charge in [-0.05, 0) is 30.7 Å². The largest absolute Gasteiger partial charge is 0.417 e. The standard InChI is InChI=1S/C11H7Cl2F4N3/c1-10(11(15,16)17,20-9(13)18-5-19-20)8-6(12)3-2-4-7(8)14/h2-5H,1H3. The number of hydrogen-bond donors (Lipinski definition) is 0. The molecule has 0 fully saturated rings. The Balaban J connectivity index is 2.82. The Labute approximate surface area is 121 Å². The lowest BCUT2D eigenvalue weighted by atomic mass is 9.90. The van der Waals surface area contributed by atoms with Gasteiger partial charge in [-0.2, -0.15) is 18.3 Å². The quantitative estimate of drug-likeness (QED) is 0.779. The van der Waals surface area contributed by atoms with Gasteiger partial charge >= 0.3 is 6.18 Å². The van der Waals surface area contributed by atoms with Crippen LogP contribution in [0.2, 0.25) is 10.3 Å². The molecule has 2 rings (SSSR count). The Bertz CT molecular complexity index is 621. The molecule has 1 aromatic heterocycles. The summed E-state index contributed by atoms with van der Waals surface area (Å²) in [7, 11) is 0. The zero-order valence-electron chi connectivity index (χ0n) is 9.92. The predicted octanol–water partition coefficient (Wildman–Crippen LogP) is 4.05. The summed E-state index contributed by atoms with van der Waals surface area (Å²) in [4.78, 5) is 3.43. The highest BCUT2D eigenvalue weighted by atomic mass is 35.5. The molecule has 0 aliphatic heterocycles. The van der Waals surface area contributed by atoms with E-state index in [1.54, 1.807) is 0 Å². The molecule has 1 heterocycles. The minimum atomic E-state index is -4.89. The average Bonchev–Trinajstić information content (AvgIpc) is 2.73. The molecule has 0 saturated carbocycles. The molecule has 108 valence electrons. The topological polar surface area (TPSA) is 30.7 Å². The summed E-state index contributed by atoms with van der Waals surface area (Å²) in [6.07, 6.45) is -4.04. The van der Waals surface area contributed by atoms with Crippen LogP contribution in [0.4, 0.5) is 17.6 Å². The molecule has 0 aliphatic rings. The molecule has 2 aromatic rings. The summed E-state index contributed by atoms with van der Waals surface area (Å²) in [6, 6.07) is 3.26. The molecule has 0 amide bonds. The fourth-order valence-corrected chi connectivity index (χ4v) is 2.46. The SMILES string of the molecule is CC(c1c(F)cccc1Cl)(n1ncnc1Cl)C(F)(F)F. The van der Waals surface area contributed by atoms with Crippen LogP contribution in [0.15, 0.2) is 24.5 Å². The van der Waals surface area contributed by atoms with Gasteiger partial charge in [-0.25, -0.2) is 14.1 Å². The van der Waals surface area contributed by atoms with Gasteiger partial charge in [0.15, 0.2) is 5.54 Å². The first kappa shape index (κ1) is 15.1. The second-order valence-corrected chi connectivity index (χ2v) is 4.85. The molecule has 0 spiro atoms. The maximum Gasteiger partial charge on any atom is 0.417 e. The van der Waals surface area contributed by atoms with Crippen molar-refractivity contribution in [3.8, 4) is 0 Å². The predicted molar refractivity (Wildman–Crippen MR) is 65.2 cm³/mol. The summed E-state index contributed by atoms with van der Waals surface area (Å²) in [5, 5.41) is 2.54. The van der Waals surface area contributed by atoms with Crippen molar-refractivity contribution in [2.45, 2.75) is 18.6 Å². The van der Waals surface area contributed by atoms with E-state index in [2.05, 4.69) is 10.1 Å². The molecule has 0 N–H and O–H groups in total. The Morgan fingerprint density at radius 2 is 1.85 bits per heavy atom. The Morgan fingerprint density at radius 1 is 1.20 bits per heavy atom. The van der Waals surface area contributed by atoms with Crippen LogP contribution in [0.1, 0.15) is 12.5 Å². The van der Waals surface area contributed by atoms with Gasteiger partial charge in [-0.3, -0.25) is 0 Å². The van der Waals surface area contributed by atoms with E-state index < -0.39 is 28.4 Å². The summed E-state index contributed by atoms with van der Waals surface area (Å²) >= 11 is 11.4. The van der Waals surface area contributed by atoms with E-state index in [4.69, 9.17) is 23.2 Å². The van der Waals surface area contributed by atoms with Gasteiger partial charge in [-0.1, -0.05) is 17.7 Å². The van der Waals surface area contributed by atoms with Crippen LogP contribution in [-0.4, -0.2) is 20.9 Å². The maximum absolute atomic E-state index is 13.9. The highest BCUT2D eigenvalue weighted by Crippen LogP contribution is 2.46. The zero-order chi connectivity index (χ0) is 15.1. The van der Waals surface area contributed by atoms with Gasteiger partial charge in [0.05, 0.1) is 0 Å². The fraction of sp³-hybridized carbons (Fsp3) is 0.273. The molecule has 0 saturated heterocycles. The molecule has 0 bridgehead atoms. The summed E-state index contributed by atoms with van der Waals surface area (Å²) in [6.45, 7) is 0.734. The van der Waals surface area contributed by atoms with E-state index in [9.17, 15) is 17.6 Å². The average molecular weight is 328 g/mol. The smallest absolute Gasteiger partial charge is 0.216 e. The van der Waals surface area contributed by atoms with Crippen molar-refractivity contribution in [3.05, 3.63) is 46.2 Å². The van der Waals surface area contributed by atoms with Crippen LogP contribution < -0.4 is 0 Å². The zero-order valence-corrected chi connectivity index (χ0v) is 11.4. The van der Waals surface area contributed by atoms with Gasteiger partial charge in [-0.15, -0.1) is 0 Å². The number of hydrogen-bond acceptors (Lipinski definition) is 2. The third kappa shape index (κ3) is 2.14. The number of halogens is 6. The van der Waals surface area contributed by atoms with Crippen molar-refractivity contribution in [1.29, 1.82) is 0 Å². The summed E-state index contributed by atoms with van der Waals surface area (Å²) < 4.78 is 54.9. The second-order valence-electron chi connectivity index (χ2n) is 4.11. The fourth-order valence-electron chi connectivity index (χ4n) is 1.86. The minimum absolute atomic E-state index is 0.378. The van der Waals surface area contributed by atoms with Crippen LogP contribution in [0.25, 0.3) is 0 Å². The van der Waals surface area contributed by atoms with Crippen molar-refractivity contribution in [1.82, 2.24) is 14.8 Å². The first-order valence-corrected chi connectivity index (χ1v) is 6.02. The maximum atomic E-state index is 13.9.